The second-order valence-corrected chi connectivity index (χ2v) is 8.92. The molecule has 0 aliphatic carbocycles. The molecule has 4 heterocycles. The largest absolute Gasteiger partial charge is 0.573 e. The number of alkyl halides is 3. The number of pyridine rings is 1. The van der Waals surface area contributed by atoms with E-state index >= 15 is 0 Å². The fraction of sp³-hybridized carbons (Fsp3) is 0.348. The highest BCUT2D eigenvalue weighted by Gasteiger charge is 2.43. The molecule has 13 heteroatoms. The van der Waals surface area contributed by atoms with Crippen LogP contribution in [0.25, 0.3) is 16.7 Å². The van der Waals surface area contributed by atoms with E-state index in [0.717, 1.165) is 12.1 Å². The number of hydrogen-bond donors (Lipinski definition) is 2. The maximum atomic E-state index is 13.3. The Balaban J connectivity index is 1.54. The first-order valence-electron chi connectivity index (χ1n) is 10.9. The molecule has 1 aromatic carbocycles. The lowest BCUT2D eigenvalue weighted by Crippen LogP contribution is -2.64. The van der Waals surface area contributed by atoms with E-state index in [-0.39, 0.29) is 37.8 Å². The molecular formula is C23H21F4N5O4. The van der Waals surface area contributed by atoms with Crippen LogP contribution in [0.4, 0.5) is 23.2 Å². The van der Waals surface area contributed by atoms with Crippen LogP contribution in [0, 0.1) is 0 Å². The summed E-state index contributed by atoms with van der Waals surface area (Å²) in [5.41, 5.74) is 0.852. The maximum Gasteiger partial charge on any atom is 0.573 e. The molecule has 5 rings (SSSR count). The number of aliphatic hydroxyl groups excluding tert-OH is 1. The Kier molecular flexibility index (Phi) is 5.63. The molecule has 0 bridgehead atoms. The van der Waals surface area contributed by atoms with E-state index in [4.69, 9.17) is 0 Å². The molecule has 2 aromatic heterocycles. The Morgan fingerprint density at radius 1 is 1.19 bits per heavy atom. The van der Waals surface area contributed by atoms with E-state index in [1.807, 2.05) is 4.90 Å². The molecule has 0 saturated carbocycles. The molecule has 3 aromatic rings. The Morgan fingerprint density at radius 2 is 1.86 bits per heavy atom. The zero-order valence-corrected chi connectivity index (χ0v) is 18.7. The number of fused-ring (bicyclic) bond motifs is 1. The molecule has 2 aliphatic heterocycles. The van der Waals surface area contributed by atoms with Gasteiger partial charge in [0.15, 0.2) is 11.5 Å². The summed E-state index contributed by atoms with van der Waals surface area (Å²) in [6, 6.07) is 6.87. The standard InChI is InChI=1S/C23H21F4N5O4/c1-13(24)21(34)30-8-14(9-30)19-18-17(31-10-22(35,11-31)12-33)6-7-28-20(18)32(29-19)15-2-4-16(5-3-15)36-23(25,26)27/h2-7,14,33,35H,1,8-12H2. The first-order valence-corrected chi connectivity index (χ1v) is 10.9. The molecule has 190 valence electrons. The minimum absolute atomic E-state index is 0.174. The highest BCUT2D eigenvalue weighted by Crippen LogP contribution is 2.40. The van der Waals surface area contributed by atoms with Gasteiger partial charge in [0.25, 0.3) is 5.91 Å². The van der Waals surface area contributed by atoms with Gasteiger partial charge in [-0.05, 0) is 30.3 Å². The molecule has 2 saturated heterocycles. The lowest BCUT2D eigenvalue weighted by Gasteiger charge is -2.47. The van der Waals surface area contributed by atoms with Crippen LogP contribution in [0.5, 0.6) is 5.75 Å². The minimum atomic E-state index is -4.82. The van der Waals surface area contributed by atoms with Crippen molar-refractivity contribution in [2.24, 2.45) is 0 Å². The van der Waals surface area contributed by atoms with Crippen LogP contribution in [-0.2, 0) is 4.79 Å². The minimum Gasteiger partial charge on any atom is -0.406 e. The fourth-order valence-corrected chi connectivity index (χ4v) is 4.49. The molecule has 0 radical (unpaired) electrons. The van der Waals surface area contributed by atoms with E-state index in [2.05, 4.69) is 21.4 Å². The number of benzene rings is 1. The van der Waals surface area contributed by atoms with E-state index in [0.29, 0.717) is 28.1 Å². The Labute approximate surface area is 201 Å². The number of ether oxygens (including phenoxy) is 1. The van der Waals surface area contributed by atoms with Gasteiger partial charge < -0.3 is 24.7 Å². The molecule has 9 nitrogen and oxygen atoms in total. The first kappa shape index (κ1) is 24.0. The van der Waals surface area contributed by atoms with Gasteiger partial charge in [0.2, 0.25) is 0 Å². The SMILES string of the molecule is C=C(F)C(=O)N1CC(c2nn(-c3ccc(OC(F)(F)F)cc3)c3nccc(N4CC(O)(CO)C4)c23)C1. The quantitative estimate of drug-likeness (QED) is 0.390. The lowest BCUT2D eigenvalue weighted by atomic mass is 9.91. The number of carbonyl (C=O) groups is 1. The van der Waals surface area contributed by atoms with E-state index in [1.54, 1.807) is 12.3 Å². The Hall–Kier alpha value is -3.71. The van der Waals surface area contributed by atoms with Crippen LogP contribution >= 0.6 is 0 Å². The average Bonchev–Trinajstić information content (AvgIpc) is 3.15. The first-order chi connectivity index (χ1) is 17.0. The maximum absolute atomic E-state index is 13.3. The van der Waals surface area contributed by atoms with Gasteiger partial charge in [0, 0.05) is 25.2 Å². The second kappa shape index (κ2) is 8.45. The van der Waals surface area contributed by atoms with Gasteiger partial charge in [-0.15, -0.1) is 13.2 Å². The number of hydrogen-bond acceptors (Lipinski definition) is 7. The van der Waals surface area contributed by atoms with Crippen LogP contribution in [-0.4, -0.2) is 80.5 Å². The normalized spacial score (nSPS) is 17.6. The van der Waals surface area contributed by atoms with Gasteiger partial charge in [-0.2, -0.15) is 5.10 Å². The van der Waals surface area contributed by atoms with Crippen molar-refractivity contribution in [1.82, 2.24) is 19.7 Å². The summed E-state index contributed by atoms with van der Waals surface area (Å²) in [7, 11) is 0. The van der Waals surface area contributed by atoms with Crippen molar-refractivity contribution in [1.29, 1.82) is 0 Å². The summed E-state index contributed by atoms with van der Waals surface area (Å²) >= 11 is 0. The molecule has 2 N–H and O–H groups in total. The van der Waals surface area contributed by atoms with E-state index in [9.17, 15) is 32.6 Å². The highest BCUT2D eigenvalue weighted by molar-refractivity contribution is 5.95. The van der Waals surface area contributed by atoms with Crippen LogP contribution in [0.2, 0.25) is 0 Å². The number of β-amino-alcohol motifs (C(OH)–C–C–N with tert-alkyl or cyclic N) is 1. The molecule has 2 fully saturated rings. The van der Waals surface area contributed by atoms with Crippen molar-refractivity contribution in [3.63, 3.8) is 0 Å². The third kappa shape index (κ3) is 4.24. The summed E-state index contributed by atoms with van der Waals surface area (Å²) in [5.74, 6) is -2.51. The molecular weight excluding hydrogens is 486 g/mol. The van der Waals surface area contributed by atoms with Crippen molar-refractivity contribution < 1.29 is 37.3 Å². The van der Waals surface area contributed by atoms with Crippen LogP contribution in [0.1, 0.15) is 11.6 Å². The predicted molar refractivity (Wildman–Crippen MR) is 119 cm³/mol. The van der Waals surface area contributed by atoms with Crippen molar-refractivity contribution in [2.75, 3.05) is 37.7 Å². The van der Waals surface area contributed by atoms with Crippen molar-refractivity contribution in [3.8, 4) is 11.4 Å². The number of amides is 1. The van der Waals surface area contributed by atoms with E-state index < -0.39 is 30.3 Å². The Morgan fingerprint density at radius 3 is 2.44 bits per heavy atom. The molecule has 0 atom stereocenters. The highest BCUT2D eigenvalue weighted by atomic mass is 19.4. The summed E-state index contributed by atoms with van der Waals surface area (Å²) in [5, 5.41) is 25.0. The van der Waals surface area contributed by atoms with Gasteiger partial charge in [-0.25, -0.2) is 14.1 Å². The smallest absolute Gasteiger partial charge is 0.406 e. The molecule has 0 unspecified atom stereocenters. The number of carbonyl (C=O) groups excluding carboxylic acids is 1. The number of anilines is 1. The van der Waals surface area contributed by atoms with Crippen LogP contribution in [0.3, 0.4) is 0 Å². The number of halogens is 4. The molecule has 36 heavy (non-hydrogen) atoms. The lowest BCUT2D eigenvalue weighted by molar-refractivity contribution is -0.274. The number of aromatic nitrogens is 3. The van der Waals surface area contributed by atoms with Crippen LogP contribution < -0.4 is 9.64 Å². The third-order valence-electron chi connectivity index (χ3n) is 6.28. The Bertz CT molecular complexity index is 1330. The van der Waals surface area contributed by atoms with Gasteiger partial charge in [0.05, 0.1) is 42.2 Å². The third-order valence-corrected chi connectivity index (χ3v) is 6.28. The summed E-state index contributed by atoms with van der Waals surface area (Å²) in [4.78, 5) is 19.5. The molecule has 0 spiro atoms. The second-order valence-electron chi connectivity index (χ2n) is 8.92. The predicted octanol–water partition coefficient (Wildman–Crippen LogP) is 2.27. The number of nitrogens with zero attached hydrogens (tertiary/aromatic N) is 5. The van der Waals surface area contributed by atoms with Crippen molar-refractivity contribution in [2.45, 2.75) is 17.9 Å². The summed E-state index contributed by atoms with van der Waals surface area (Å²) in [6.45, 7) is 3.38. The summed E-state index contributed by atoms with van der Waals surface area (Å²) < 4.78 is 56.3. The van der Waals surface area contributed by atoms with Crippen LogP contribution in [0.15, 0.2) is 48.9 Å². The number of aliphatic hydroxyl groups is 2. The zero-order valence-electron chi connectivity index (χ0n) is 18.7. The fourth-order valence-electron chi connectivity index (χ4n) is 4.49. The molecule has 1 amide bonds. The van der Waals surface area contributed by atoms with Gasteiger partial charge in [-0.3, -0.25) is 4.79 Å². The summed E-state index contributed by atoms with van der Waals surface area (Å²) in [6.07, 6.45) is -3.28. The van der Waals surface area contributed by atoms with Crippen molar-refractivity contribution >= 4 is 22.6 Å². The van der Waals surface area contributed by atoms with E-state index in [1.165, 1.54) is 21.7 Å². The topological polar surface area (TPSA) is 104 Å². The number of likely N-dealkylation sites (tertiary alicyclic amines) is 1. The van der Waals surface area contributed by atoms with Gasteiger partial charge in [-0.1, -0.05) is 6.58 Å². The molecule has 2 aliphatic rings. The van der Waals surface area contributed by atoms with Gasteiger partial charge in [0.1, 0.15) is 11.4 Å². The number of rotatable bonds is 6. The monoisotopic (exact) mass is 507 g/mol. The van der Waals surface area contributed by atoms with Crippen molar-refractivity contribution in [3.05, 3.63) is 54.6 Å². The zero-order chi connectivity index (χ0) is 25.8. The van der Waals surface area contributed by atoms with Gasteiger partial charge >= 0.3 is 6.36 Å². The average molecular weight is 507 g/mol.